The Kier molecular flexibility index (Phi) is 15.2. The second-order valence-electron chi connectivity index (χ2n) is 4.77. The first-order chi connectivity index (χ1) is 7.52. The standard InChI is InChI=1S/C10H14O.C5H5.2BrH.Ti/c1-10(2,3)8-6-4-5-7-9(8)11;1-2-4-5-3-1;;;/h4-7,11H,1-3H3;1-3H,4H2;2*1H;/q;-1;;;+3/p-2. The van der Waals surface area contributed by atoms with E-state index >= 15 is 0 Å². The van der Waals surface area contributed by atoms with E-state index in [1.54, 1.807) is 6.07 Å². The predicted octanol–water partition coefficient (Wildman–Crippen LogP) is -2.00. The molecule has 1 aromatic carbocycles. The Hall–Kier alpha value is 0.174. The fourth-order valence-corrected chi connectivity index (χ4v) is 1.45. The van der Waals surface area contributed by atoms with Crippen LogP contribution in [0.1, 0.15) is 32.8 Å². The van der Waals surface area contributed by atoms with Gasteiger partial charge in [-0.25, -0.2) is 12.2 Å². The van der Waals surface area contributed by atoms with Crippen molar-refractivity contribution in [2.45, 2.75) is 32.6 Å². The summed E-state index contributed by atoms with van der Waals surface area (Å²) in [5.41, 5.74) is 1.03. The van der Waals surface area contributed by atoms with Crippen LogP contribution in [0, 0.1) is 6.08 Å². The van der Waals surface area contributed by atoms with Gasteiger partial charge in [-0.05, 0) is 17.0 Å². The third-order valence-electron chi connectivity index (χ3n) is 2.30. The molecule has 0 aliphatic heterocycles. The molecule has 0 saturated heterocycles. The Morgan fingerprint density at radius 2 is 1.68 bits per heavy atom. The maximum absolute atomic E-state index is 9.45. The van der Waals surface area contributed by atoms with Gasteiger partial charge in [-0.2, -0.15) is 6.08 Å². The van der Waals surface area contributed by atoms with Crippen molar-refractivity contribution in [2.24, 2.45) is 0 Å². The van der Waals surface area contributed by atoms with Crippen LogP contribution in [-0.2, 0) is 27.1 Å². The molecule has 0 amide bonds. The summed E-state index contributed by atoms with van der Waals surface area (Å²) in [6.07, 6.45) is 10.0. The van der Waals surface area contributed by atoms with Crippen LogP contribution in [0.4, 0.5) is 0 Å². The fraction of sp³-hybridized carbons (Fsp3) is 0.333. The maximum atomic E-state index is 9.45. The molecule has 0 aromatic heterocycles. The minimum Gasteiger partial charge on any atom is -1.00 e. The van der Waals surface area contributed by atoms with Gasteiger partial charge in [-0.3, -0.25) is 6.08 Å². The third-order valence-corrected chi connectivity index (χ3v) is 2.30. The molecule has 1 nitrogen and oxygen atoms in total. The van der Waals surface area contributed by atoms with Crippen LogP contribution < -0.4 is 34.0 Å². The number of para-hydroxylation sites is 1. The molecular weight excluding hydrogens is 404 g/mol. The smallest absolute Gasteiger partial charge is 1.00 e. The van der Waals surface area contributed by atoms with E-state index < -0.39 is 0 Å². The summed E-state index contributed by atoms with van der Waals surface area (Å²) in [4.78, 5) is 0. The van der Waals surface area contributed by atoms with Crippen LogP contribution in [0.25, 0.3) is 0 Å². The molecule has 1 N–H and O–H groups in total. The second-order valence-corrected chi connectivity index (χ2v) is 4.77. The summed E-state index contributed by atoms with van der Waals surface area (Å²) in [6.45, 7) is 6.26. The number of halogens is 2. The molecule has 2 rings (SSSR count). The van der Waals surface area contributed by atoms with Crippen LogP contribution in [0.2, 0.25) is 0 Å². The minimum atomic E-state index is 0. The van der Waals surface area contributed by atoms with Gasteiger partial charge in [0.15, 0.2) is 0 Å². The summed E-state index contributed by atoms with van der Waals surface area (Å²) in [7, 11) is 0. The number of phenolic OH excluding ortho intramolecular Hbond substituents is 1. The maximum Gasteiger partial charge on any atom is 3.00 e. The molecule has 4 heteroatoms. The summed E-state index contributed by atoms with van der Waals surface area (Å²) in [6, 6.07) is 7.46. The van der Waals surface area contributed by atoms with Crippen molar-refractivity contribution >= 4 is 0 Å². The van der Waals surface area contributed by atoms with Crippen LogP contribution in [-0.4, -0.2) is 5.11 Å². The van der Waals surface area contributed by atoms with Crippen LogP contribution in [0.3, 0.4) is 0 Å². The van der Waals surface area contributed by atoms with Gasteiger partial charge in [0.25, 0.3) is 0 Å². The van der Waals surface area contributed by atoms with E-state index in [2.05, 4.69) is 32.9 Å². The van der Waals surface area contributed by atoms with Gasteiger partial charge >= 0.3 is 21.7 Å². The number of allylic oxidation sites excluding steroid dienone is 4. The van der Waals surface area contributed by atoms with E-state index in [0.717, 1.165) is 12.0 Å². The largest absolute Gasteiger partial charge is 3.00 e. The molecule has 0 unspecified atom stereocenters. The van der Waals surface area contributed by atoms with Crippen molar-refractivity contribution in [1.82, 2.24) is 0 Å². The molecule has 0 heterocycles. The normalized spacial score (nSPS) is 11.3. The Morgan fingerprint density at radius 1 is 1.11 bits per heavy atom. The third kappa shape index (κ3) is 9.67. The van der Waals surface area contributed by atoms with Crippen molar-refractivity contribution in [3.8, 4) is 5.75 Å². The SMILES string of the molecule is CC(C)(C)c1ccccc1O.[Br-].[Br-].[C-]1=CC=CC1.[Ti+3]. The van der Waals surface area contributed by atoms with Crippen molar-refractivity contribution in [1.29, 1.82) is 0 Å². The molecule has 0 saturated carbocycles. The Morgan fingerprint density at radius 3 is 1.95 bits per heavy atom. The van der Waals surface area contributed by atoms with Crippen LogP contribution in [0.5, 0.6) is 5.75 Å². The second kappa shape index (κ2) is 12.0. The van der Waals surface area contributed by atoms with Crippen molar-refractivity contribution in [3.05, 3.63) is 54.1 Å². The van der Waals surface area contributed by atoms with Crippen molar-refractivity contribution < 1.29 is 60.8 Å². The molecule has 0 atom stereocenters. The predicted molar refractivity (Wildman–Crippen MR) is 68.4 cm³/mol. The fourth-order valence-electron chi connectivity index (χ4n) is 1.45. The van der Waals surface area contributed by atoms with Gasteiger partial charge in [0, 0.05) is 0 Å². The quantitative estimate of drug-likeness (QED) is 0.379. The van der Waals surface area contributed by atoms with Gasteiger partial charge < -0.3 is 39.1 Å². The zero-order valence-corrected chi connectivity index (χ0v) is 16.2. The summed E-state index contributed by atoms with van der Waals surface area (Å²) in [5, 5.41) is 9.45. The average Bonchev–Trinajstić information content (AvgIpc) is 2.74. The minimum absolute atomic E-state index is 0. The first-order valence-electron chi connectivity index (χ1n) is 5.52. The molecule has 0 fully saturated rings. The van der Waals surface area contributed by atoms with Gasteiger partial charge in [0.2, 0.25) is 0 Å². The van der Waals surface area contributed by atoms with Crippen LogP contribution >= 0.6 is 0 Å². The molecule has 103 valence electrons. The van der Waals surface area contributed by atoms with Crippen molar-refractivity contribution in [2.75, 3.05) is 0 Å². The zero-order chi connectivity index (χ0) is 12.0. The first kappa shape index (κ1) is 24.2. The number of hydrogen-bond donors (Lipinski definition) is 1. The molecular formula is C15H19Br2OTi. The summed E-state index contributed by atoms with van der Waals surface area (Å²) in [5.74, 6) is 0.389. The number of phenols is 1. The van der Waals surface area contributed by atoms with E-state index in [-0.39, 0.29) is 61.1 Å². The Balaban J connectivity index is -0.000000277. The van der Waals surface area contributed by atoms with E-state index in [1.807, 2.05) is 30.4 Å². The molecule has 1 radical (unpaired) electrons. The van der Waals surface area contributed by atoms with E-state index in [1.165, 1.54) is 0 Å². The summed E-state index contributed by atoms with van der Waals surface area (Å²) >= 11 is 0. The molecule has 0 spiro atoms. The molecule has 1 aliphatic carbocycles. The molecule has 1 aromatic rings. The van der Waals surface area contributed by atoms with Gasteiger partial charge in [0.05, 0.1) is 0 Å². The Labute approximate surface area is 152 Å². The average molecular weight is 423 g/mol. The molecule has 0 bridgehead atoms. The monoisotopic (exact) mass is 421 g/mol. The Bertz CT molecular complexity index is 385. The zero-order valence-electron chi connectivity index (χ0n) is 11.5. The topological polar surface area (TPSA) is 20.2 Å². The van der Waals surface area contributed by atoms with Crippen molar-refractivity contribution in [3.63, 3.8) is 0 Å². The van der Waals surface area contributed by atoms with Crippen LogP contribution in [0.15, 0.2) is 42.5 Å². The van der Waals surface area contributed by atoms with E-state index in [9.17, 15) is 5.11 Å². The molecule has 19 heavy (non-hydrogen) atoms. The molecule has 1 aliphatic rings. The van der Waals surface area contributed by atoms with Gasteiger partial charge in [-0.1, -0.05) is 39.0 Å². The summed E-state index contributed by atoms with van der Waals surface area (Å²) < 4.78 is 0. The first-order valence-corrected chi connectivity index (χ1v) is 5.52. The number of aromatic hydroxyl groups is 1. The number of hydrogen-bond acceptors (Lipinski definition) is 1. The van der Waals surface area contributed by atoms with Gasteiger partial charge in [-0.15, -0.1) is 6.42 Å². The van der Waals surface area contributed by atoms with E-state index in [4.69, 9.17) is 0 Å². The number of benzene rings is 1. The number of rotatable bonds is 0. The van der Waals surface area contributed by atoms with Gasteiger partial charge in [0.1, 0.15) is 5.75 Å². The van der Waals surface area contributed by atoms with E-state index in [0.29, 0.717) is 5.75 Å².